The Morgan fingerprint density at radius 2 is 1.95 bits per heavy atom. The normalized spacial score (nSPS) is 10.0. The van der Waals surface area contributed by atoms with Crippen LogP contribution in [0.3, 0.4) is 0 Å². The minimum atomic E-state index is -0.241. The van der Waals surface area contributed by atoms with E-state index < -0.39 is 0 Å². The number of carbonyl (C=O) groups excluding carboxylic acids is 1. The van der Waals surface area contributed by atoms with E-state index in [-0.39, 0.29) is 5.91 Å². The van der Waals surface area contributed by atoms with Gasteiger partial charge in [0, 0.05) is 0 Å². The quantitative estimate of drug-likeness (QED) is 0.583. The van der Waals surface area contributed by atoms with Crippen molar-refractivity contribution in [1.82, 2.24) is 0 Å². The van der Waals surface area contributed by atoms with E-state index in [9.17, 15) is 4.79 Å². The number of hydrogen-bond acceptors (Lipinski definition) is 4. The van der Waals surface area contributed by atoms with Crippen molar-refractivity contribution in [3.8, 4) is 5.75 Å². The number of aryl methyl sites for hydroxylation is 1. The molecule has 5 heteroatoms. The molecule has 0 spiro atoms. The number of hydrazine groups is 1. The van der Waals surface area contributed by atoms with Crippen molar-refractivity contribution < 1.29 is 9.53 Å². The third kappa shape index (κ3) is 3.52. The van der Waals surface area contributed by atoms with Crippen molar-refractivity contribution in [2.45, 2.75) is 13.8 Å². The predicted molar refractivity (Wildman–Crippen MR) is 84.6 cm³/mol. The molecule has 0 heterocycles. The molecular formula is C16H19N3O2. The first kappa shape index (κ1) is 14.9. The van der Waals surface area contributed by atoms with E-state index in [1.807, 2.05) is 44.2 Å². The number of benzene rings is 2. The lowest BCUT2D eigenvalue weighted by atomic mass is 10.1. The second-order valence-electron chi connectivity index (χ2n) is 4.58. The summed E-state index contributed by atoms with van der Waals surface area (Å²) in [5, 5.41) is 2.85. The second-order valence-corrected chi connectivity index (χ2v) is 4.58. The van der Waals surface area contributed by atoms with E-state index >= 15 is 0 Å². The van der Waals surface area contributed by atoms with Crippen molar-refractivity contribution >= 4 is 17.3 Å². The highest BCUT2D eigenvalue weighted by Gasteiger charge is 2.13. The highest BCUT2D eigenvalue weighted by atomic mass is 16.5. The summed E-state index contributed by atoms with van der Waals surface area (Å²) >= 11 is 0. The average Bonchev–Trinajstić information content (AvgIpc) is 2.49. The predicted octanol–water partition coefficient (Wildman–Crippen LogP) is 2.93. The maximum Gasteiger partial charge on any atom is 0.257 e. The Hall–Kier alpha value is -2.53. The number of para-hydroxylation sites is 2. The lowest BCUT2D eigenvalue weighted by molar-refractivity contribution is 0.102. The van der Waals surface area contributed by atoms with Gasteiger partial charge >= 0.3 is 0 Å². The molecule has 21 heavy (non-hydrogen) atoms. The van der Waals surface area contributed by atoms with Crippen LogP contribution in [-0.2, 0) is 0 Å². The van der Waals surface area contributed by atoms with Crippen LogP contribution in [0.15, 0.2) is 42.5 Å². The summed E-state index contributed by atoms with van der Waals surface area (Å²) in [4.78, 5) is 12.4. The zero-order valence-corrected chi connectivity index (χ0v) is 12.1. The van der Waals surface area contributed by atoms with Crippen molar-refractivity contribution in [1.29, 1.82) is 0 Å². The summed E-state index contributed by atoms with van der Waals surface area (Å²) in [5.41, 5.74) is 5.27. The third-order valence-electron chi connectivity index (χ3n) is 3.01. The van der Waals surface area contributed by atoms with Gasteiger partial charge in [0.2, 0.25) is 0 Å². The monoisotopic (exact) mass is 285 g/mol. The molecule has 0 aliphatic heterocycles. The van der Waals surface area contributed by atoms with E-state index in [2.05, 4.69) is 10.7 Å². The van der Waals surface area contributed by atoms with Crippen molar-refractivity contribution in [3.63, 3.8) is 0 Å². The molecule has 0 saturated carbocycles. The fourth-order valence-electron chi connectivity index (χ4n) is 2.02. The number of nitrogens with two attached hydrogens (primary N) is 1. The van der Waals surface area contributed by atoms with E-state index in [4.69, 9.17) is 10.6 Å². The molecular weight excluding hydrogens is 266 g/mol. The molecule has 2 rings (SSSR count). The van der Waals surface area contributed by atoms with Crippen LogP contribution in [0.1, 0.15) is 22.8 Å². The van der Waals surface area contributed by atoms with Crippen LogP contribution < -0.4 is 21.3 Å². The molecule has 0 radical (unpaired) electrons. The molecule has 2 aromatic rings. The maximum atomic E-state index is 12.4. The fraction of sp³-hybridized carbons (Fsp3) is 0.188. The number of nitrogen functional groups attached to an aromatic ring is 1. The maximum absolute atomic E-state index is 12.4. The van der Waals surface area contributed by atoms with Crippen molar-refractivity contribution in [3.05, 3.63) is 53.6 Å². The van der Waals surface area contributed by atoms with Gasteiger partial charge in [0.05, 0.1) is 23.5 Å². The standard InChI is InChI=1S/C16H19N3O2/c1-3-21-15-7-5-4-6-13(15)18-16(20)12-9-8-11(2)10-14(12)19-17/h4-10,19H,3,17H2,1-2H3,(H,18,20). The van der Waals surface area contributed by atoms with Gasteiger partial charge in [-0.1, -0.05) is 18.2 Å². The number of rotatable bonds is 5. The van der Waals surface area contributed by atoms with Crippen LogP contribution in [-0.4, -0.2) is 12.5 Å². The van der Waals surface area contributed by atoms with Crippen LogP contribution in [0.5, 0.6) is 5.75 Å². The summed E-state index contributed by atoms with van der Waals surface area (Å²) in [6, 6.07) is 12.7. The number of nitrogens with one attached hydrogen (secondary N) is 2. The van der Waals surface area contributed by atoms with Gasteiger partial charge in [-0.3, -0.25) is 10.6 Å². The Morgan fingerprint density at radius 3 is 2.67 bits per heavy atom. The number of amides is 1. The van der Waals surface area contributed by atoms with Gasteiger partial charge in [-0.15, -0.1) is 0 Å². The highest BCUT2D eigenvalue weighted by Crippen LogP contribution is 2.25. The summed E-state index contributed by atoms with van der Waals surface area (Å²) in [7, 11) is 0. The molecule has 0 saturated heterocycles. The Balaban J connectivity index is 2.26. The van der Waals surface area contributed by atoms with Crippen LogP contribution in [0.2, 0.25) is 0 Å². The van der Waals surface area contributed by atoms with Gasteiger partial charge in [-0.2, -0.15) is 0 Å². The molecule has 0 fully saturated rings. The summed E-state index contributed by atoms with van der Waals surface area (Å²) in [6.07, 6.45) is 0. The molecule has 0 unspecified atom stereocenters. The van der Waals surface area contributed by atoms with Gasteiger partial charge in [0.1, 0.15) is 5.75 Å². The van der Waals surface area contributed by atoms with E-state index in [0.29, 0.717) is 29.3 Å². The second kappa shape index (κ2) is 6.76. The van der Waals surface area contributed by atoms with Gasteiger partial charge in [-0.05, 0) is 43.7 Å². The van der Waals surface area contributed by atoms with Crippen LogP contribution in [0.4, 0.5) is 11.4 Å². The number of ether oxygens (including phenoxy) is 1. The first-order valence-electron chi connectivity index (χ1n) is 6.76. The van der Waals surface area contributed by atoms with Crippen LogP contribution >= 0.6 is 0 Å². The Bertz CT molecular complexity index is 641. The van der Waals surface area contributed by atoms with E-state index in [0.717, 1.165) is 5.56 Å². The number of hydrogen-bond donors (Lipinski definition) is 3. The molecule has 0 atom stereocenters. The SMILES string of the molecule is CCOc1ccccc1NC(=O)c1ccc(C)cc1NN. The molecule has 0 aliphatic carbocycles. The molecule has 0 aliphatic rings. The molecule has 110 valence electrons. The lowest BCUT2D eigenvalue weighted by Gasteiger charge is -2.13. The summed E-state index contributed by atoms with van der Waals surface area (Å²) in [6.45, 7) is 4.37. The lowest BCUT2D eigenvalue weighted by Crippen LogP contribution is -2.17. The Morgan fingerprint density at radius 1 is 1.19 bits per heavy atom. The van der Waals surface area contributed by atoms with Gasteiger partial charge in [0.15, 0.2) is 0 Å². The fourth-order valence-corrected chi connectivity index (χ4v) is 2.02. The van der Waals surface area contributed by atoms with Crippen molar-refractivity contribution in [2.24, 2.45) is 5.84 Å². The topological polar surface area (TPSA) is 76.4 Å². The first-order chi connectivity index (χ1) is 10.2. The zero-order chi connectivity index (χ0) is 15.2. The number of anilines is 2. The minimum Gasteiger partial charge on any atom is -0.492 e. The van der Waals surface area contributed by atoms with Gasteiger partial charge in [0.25, 0.3) is 5.91 Å². The third-order valence-corrected chi connectivity index (χ3v) is 3.01. The summed E-state index contributed by atoms with van der Waals surface area (Å²) in [5.74, 6) is 5.87. The molecule has 1 amide bonds. The highest BCUT2D eigenvalue weighted by molar-refractivity contribution is 6.08. The summed E-state index contributed by atoms with van der Waals surface area (Å²) < 4.78 is 5.49. The van der Waals surface area contributed by atoms with E-state index in [1.54, 1.807) is 12.1 Å². The zero-order valence-electron chi connectivity index (χ0n) is 12.1. The largest absolute Gasteiger partial charge is 0.492 e. The molecule has 2 aromatic carbocycles. The Kier molecular flexibility index (Phi) is 4.79. The van der Waals surface area contributed by atoms with Gasteiger partial charge < -0.3 is 15.5 Å². The molecule has 0 bridgehead atoms. The molecule has 4 N–H and O–H groups in total. The first-order valence-corrected chi connectivity index (χ1v) is 6.76. The average molecular weight is 285 g/mol. The Labute approximate surface area is 124 Å². The minimum absolute atomic E-state index is 0.241. The smallest absolute Gasteiger partial charge is 0.257 e. The molecule has 0 aromatic heterocycles. The number of carbonyl (C=O) groups is 1. The van der Waals surface area contributed by atoms with Crippen LogP contribution in [0.25, 0.3) is 0 Å². The van der Waals surface area contributed by atoms with Crippen molar-refractivity contribution in [2.75, 3.05) is 17.3 Å². The van der Waals surface area contributed by atoms with Gasteiger partial charge in [-0.25, -0.2) is 0 Å². The molecule has 5 nitrogen and oxygen atoms in total. The van der Waals surface area contributed by atoms with Crippen LogP contribution in [0, 0.1) is 6.92 Å². The van der Waals surface area contributed by atoms with E-state index in [1.165, 1.54) is 0 Å².